The quantitative estimate of drug-likeness (QED) is 0.803. The topological polar surface area (TPSA) is 92.3 Å². The standard InChI is InChI=1S/C17H16F2N2O4S/c1-11(22)20-10-12-6-8-13(9-7-12)16(23)21-14-4-2-3-5-15(14)26(24,25)17(18)19/h2-9,17H,10H2,1H3,(H,20,22)(H,21,23). The van der Waals surface area contributed by atoms with Crippen molar-refractivity contribution in [2.24, 2.45) is 0 Å². The van der Waals surface area contributed by atoms with Gasteiger partial charge in [-0.2, -0.15) is 8.78 Å². The van der Waals surface area contributed by atoms with Crippen molar-refractivity contribution in [1.82, 2.24) is 5.32 Å². The molecule has 0 bridgehead atoms. The number of hydrogen-bond acceptors (Lipinski definition) is 4. The van der Waals surface area contributed by atoms with Gasteiger partial charge in [0.15, 0.2) is 0 Å². The van der Waals surface area contributed by atoms with Crippen molar-refractivity contribution >= 4 is 27.3 Å². The average molecular weight is 382 g/mol. The molecular formula is C17H16F2N2O4S. The number of carbonyl (C=O) groups excluding carboxylic acids is 2. The molecule has 0 aliphatic rings. The zero-order chi connectivity index (χ0) is 19.3. The lowest BCUT2D eigenvalue weighted by molar-refractivity contribution is -0.119. The number of alkyl halides is 2. The molecule has 2 N–H and O–H groups in total. The minimum absolute atomic E-state index is 0.191. The van der Waals surface area contributed by atoms with Gasteiger partial charge in [-0.1, -0.05) is 24.3 Å². The van der Waals surface area contributed by atoms with E-state index in [1.54, 1.807) is 12.1 Å². The lowest BCUT2D eigenvalue weighted by atomic mass is 10.1. The summed E-state index contributed by atoms with van der Waals surface area (Å²) >= 11 is 0. The summed E-state index contributed by atoms with van der Waals surface area (Å²) in [5.74, 6) is -4.43. The number of anilines is 1. The number of benzene rings is 2. The van der Waals surface area contributed by atoms with E-state index in [4.69, 9.17) is 0 Å². The van der Waals surface area contributed by atoms with E-state index in [9.17, 15) is 26.8 Å². The van der Waals surface area contributed by atoms with Crippen molar-refractivity contribution in [2.45, 2.75) is 24.1 Å². The maximum absolute atomic E-state index is 12.8. The van der Waals surface area contributed by atoms with Crippen LogP contribution in [-0.2, 0) is 21.2 Å². The minimum atomic E-state index is -4.85. The van der Waals surface area contributed by atoms with Gasteiger partial charge in [-0.15, -0.1) is 0 Å². The second-order valence-corrected chi connectivity index (χ2v) is 7.25. The van der Waals surface area contributed by atoms with E-state index < -0.39 is 26.4 Å². The first-order valence-corrected chi connectivity index (χ1v) is 9.02. The number of sulfone groups is 1. The Labute approximate surface area is 149 Å². The lowest BCUT2D eigenvalue weighted by Gasteiger charge is -2.11. The van der Waals surface area contributed by atoms with Crippen molar-refractivity contribution < 1.29 is 26.8 Å². The van der Waals surface area contributed by atoms with Crippen LogP contribution in [0.5, 0.6) is 0 Å². The van der Waals surface area contributed by atoms with Crippen molar-refractivity contribution in [3.05, 3.63) is 59.7 Å². The molecule has 6 nitrogen and oxygen atoms in total. The number of para-hydroxylation sites is 1. The predicted molar refractivity (Wildman–Crippen MR) is 91.5 cm³/mol. The summed E-state index contributed by atoms with van der Waals surface area (Å²) < 4.78 is 49.0. The molecule has 0 saturated carbocycles. The highest BCUT2D eigenvalue weighted by Crippen LogP contribution is 2.26. The number of amides is 2. The Morgan fingerprint density at radius 1 is 1.04 bits per heavy atom. The van der Waals surface area contributed by atoms with Crippen LogP contribution in [0.25, 0.3) is 0 Å². The zero-order valence-electron chi connectivity index (χ0n) is 13.7. The summed E-state index contributed by atoms with van der Waals surface area (Å²) in [5, 5.41) is 4.94. The third-order valence-corrected chi connectivity index (χ3v) is 4.87. The number of carbonyl (C=O) groups is 2. The molecule has 0 heterocycles. The highest BCUT2D eigenvalue weighted by molar-refractivity contribution is 7.91. The predicted octanol–water partition coefficient (Wildman–Crippen LogP) is 2.57. The summed E-state index contributed by atoms with van der Waals surface area (Å²) in [7, 11) is -4.85. The van der Waals surface area contributed by atoms with Crippen molar-refractivity contribution in [3.8, 4) is 0 Å². The monoisotopic (exact) mass is 382 g/mol. The van der Waals surface area contributed by atoms with Crippen LogP contribution in [0.15, 0.2) is 53.4 Å². The number of halogens is 2. The Morgan fingerprint density at radius 2 is 1.65 bits per heavy atom. The van der Waals surface area contributed by atoms with Crippen LogP contribution in [-0.4, -0.2) is 26.0 Å². The zero-order valence-corrected chi connectivity index (χ0v) is 14.5. The molecule has 0 atom stereocenters. The van der Waals surface area contributed by atoms with E-state index in [1.165, 1.54) is 37.3 Å². The first kappa shape index (κ1) is 19.5. The summed E-state index contributed by atoms with van der Waals surface area (Å²) in [6, 6.07) is 11.2. The molecule has 0 aliphatic carbocycles. The molecule has 9 heteroatoms. The Balaban J connectivity index is 2.19. The average Bonchev–Trinajstić information content (AvgIpc) is 2.60. The maximum atomic E-state index is 12.8. The molecule has 0 aliphatic heterocycles. The van der Waals surface area contributed by atoms with Gasteiger partial charge >= 0.3 is 5.76 Å². The van der Waals surface area contributed by atoms with Gasteiger partial charge in [-0.25, -0.2) is 8.42 Å². The number of hydrogen-bond donors (Lipinski definition) is 2. The fourth-order valence-electron chi connectivity index (χ4n) is 2.11. The summed E-state index contributed by atoms with van der Waals surface area (Å²) in [5.41, 5.74) is 0.748. The van der Waals surface area contributed by atoms with Crippen LogP contribution >= 0.6 is 0 Å². The Hall–Kier alpha value is -2.81. The normalized spacial score (nSPS) is 11.2. The van der Waals surface area contributed by atoms with E-state index in [1.807, 2.05) is 0 Å². The largest absolute Gasteiger partial charge is 0.352 e. The van der Waals surface area contributed by atoms with Crippen LogP contribution in [0.3, 0.4) is 0 Å². The molecule has 26 heavy (non-hydrogen) atoms. The van der Waals surface area contributed by atoms with Gasteiger partial charge in [0.25, 0.3) is 5.91 Å². The van der Waals surface area contributed by atoms with E-state index >= 15 is 0 Å². The Morgan fingerprint density at radius 3 is 2.23 bits per heavy atom. The van der Waals surface area contributed by atoms with Crippen LogP contribution in [0.1, 0.15) is 22.8 Å². The van der Waals surface area contributed by atoms with Crippen LogP contribution in [0.4, 0.5) is 14.5 Å². The van der Waals surface area contributed by atoms with Crippen LogP contribution in [0.2, 0.25) is 0 Å². The molecule has 2 aromatic carbocycles. The first-order chi connectivity index (χ1) is 12.2. The smallest absolute Gasteiger partial charge is 0.341 e. The highest BCUT2D eigenvalue weighted by Gasteiger charge is 2.29. The van der Waals surface area contributed by atoms with Gasteiger partial charge in [0, 0.05) is 19.0 Å². The van der Waals surface area contributed by atoms with Gasteiger partial charge in [-0.05, 0) is 29.8 Å². The molecule has 0 unspecified atom stereocenters. The summed E-state index contributed by atoms with van der Waals surface area (Å²) in [4.78, 5) is 22.5. The third-order valence-electron chi connectivity index (χ3n) is 3.43. The molecule has 138 valence electrons. The van der Waals surface area contributed by atoms with Crippen molar-refractivity contribution in [3.63, 3.8) is 0 Å². The molecule has 0 radical (unpaired) electrons. The third kappa shape index (κ3) is 4.63. The molecule has 0 aromatic heterocycles. The van der Waals surface area contributed by atoms with E-state index in [0.29, 0.717) is 6.54 Å². The lowest BCUT2D eigenvalue weighted by Crippen LogP contribution is -2.19. The molecule has 2 aromatic rings. The molecular weight excluding hydrogens is 366 g/mol. The second-order valence-electron chi connectivity index (χ2n) is 5.36. The second kappa shape index (κ2) is 8.05. The Kier molecular flexibility index (Phi) is 6.04. The van der Waals surface area contributed by atoms with Crippen molar-refractivity contribution in [1.29, 1.82) is 0 Å². The summed E-state index contributed by atoms with van der Waals surface area (Å²) in [6.07, 6.45) is 0. The van der Waals surface area contributed by atoms with E-state index in [2.05, 4.69) is 10.6 Å². The van der Waals surface area contributed by atoms with Gasteiger partial charge in [-0.3, -0.25) is 9.59 Å². The molecule has 0 spiro atoms. The van der Waals surface area contributed by atoms with Crippen LogP contribution < -0.4 is 10.6 Å². The Bertz CT molecular complexity index is 913. The fourth-order valence-corrected chi connectivity index (χ4v) is 2.99. The van der Waals surface area contributed by atoms with Gasteiger partial charge < -0.3 is 10.6 Å². The van der Waals surface area contributed by atoms with Gasteiger partial charge in [0.05, 0.1) is 10.6 Å². The molecule has 0 fully saturated rings. The van der Waals surface area contributed by atoms with Crippen LogP contribution in [0, 0.1) is 0 Å². The van der Waals surface area contributed by atoms with E-state index in [0.717, 1.165) is 11.6 Å². The van der Waals surface area contributed by atoms with Gasteiger partial charge in [0.1, 0.15) is 0 Å². The number of nitrogens with one attached hydrogen (secondary N) is 2. The van der Waals surface area contributed by atoms with Gasteiger partial charge in [0.2, 0.25) is 15.7 Å². The SMILES string of the molecule is CC(=O)NCc1ccc(C(=O)Nc2ccccc2S(=O)(=O)C(F)F)cc1. The number of rotatable bonds is 6. The van der Waals surface area contributed by atoms with Crippen molar-refractivity contribution in [2.75, 3.05) is 5.32 Å². The maximum Gasteiger partial charge on any atom is 0.341 e. The molecule has 2 amide bonds. The first-order valence-electron chi connectivity index (χ1n) is 7.47. The molecule has 0 saturated heterocycles. The summed E-state index contributed by atoms with van der Waals surface area (Å²) in [6.45, 7) is 1.68. The minimum Gasteiger partial charge on any atom is -0.352 e. The molecule has 2 rings (SSSR count). The highest BCUT2D eigenvalue weighted by atomic mass is 32.2. The van der Waals surface area contributed by atoms with E-state index in [-0.39, 0.29) is 17.2 Å². The fraction of sp³-hybridized carbons (Fsp3) is 0.176.